The highest BCUT2D eigenvalue weighted by atomic mass is 15.3. The van der Waals surface area contributed by atoms with E-state index in [0.717, 1.165) is 31.0 Å². The molecule has 0 saturated heterocycles. The van der Waals surface area contributed by atoms with Gasteiger partial charge < -0.3 is 5.32 Å². The highest BCUT2D eigenvalue weighted by Gasteiger charge is 2.17. The summed E-state index contributed by atoms with van der Waals surface area (Å²) in [6, 6.07) is 0.266. The lowest BCUT2D eigenvalue weighted by Crippen LogP contribution is -2.19. The van der Waals surface area contributed by atoms with Gasteiger partial charge in [0.05, 0.1) is 17.9 Å². The Kier molecular flexibility index (Phi) is 5.19. The van der Waals surface area contributed by atoms with E-state index in [2.05, 4.69) is 60.7 Å². The van der Waals surface area contributed by atoms with Crippen LogP contribution in [0.1, 0.15) is 48.1 Å². The first-order chi connectivity index (χ1) is 10.5. The standard InChI is InChI=1S/C17H27N5/c1-7-9-21-11-16(12(3)19-21)10-18-13(4)17-14(5)20-22(8-2)15(17)6/h7,11,13,18H,1,8-10H2,2-6H3/t13-/m1/s1. The number of hydrogen-bond donors (Lipinski definition) is 1. The van der Waals surface area contributed by atoms with Crippen LogP contribution in [-0.4, -0.2) is 19.6 Å². The van der Waals surface area contributed by atoms with E-state index in [1.54, 1.807) is 0 Å². The number of hydrogen-bond acceptors (Lipinski definition) is 3. The molecule has 0 amide bonds. The van der Waals surface area contributed by atoms with E-state index in [1.165, 1.54) is 16.8 Å². The van der Waals surface area contributed by atoms with Gasteiger partial charge in [0.25, 0.3) is 0 Å². The second kappa shape index (κ2) is 6.92. The van der Waals surface area contributed by atoms with Crippen LogP contribution >= 0.6 is 0 Å². The van der Waals surface area contributed by atoms with Gasteiger partial charge in [-0.3, -0.25) is 9.36 Å². The Bertz CT molecular complexity index is 650. The third-order valence-electron chi connectivity index (χ3n) is 4.13. The van der Waals surface area contributed by atoms with Crippen LogP contribution in [0, 0.1) is 20.8 Å². The fraction of sp³-hybridized carbons (Fsp3) is 0.529. The Hall–Kier alpha value is -1.88. The fourth-order valence-corrected chi connectivity index (χ4v) is 2.97. The van der Waals surface area contributed by atoms with E-state index in [-0.39, 0.29) is 6.04 Å². The summed E-state index contributed by atoms with van der Waals surface area (Å²) in [5.41, 5.74) is 5.96. The normalized spacial score (nSPS) is 12.6. The number of aromatic nitrogens is 4. The molecule has 2 rings (SSSR count). The minimum atomic E-state index is 0.266. The van der Waals surface area contributed by atoms with Crippen molar-refractivity contribution in [1.82, 2.24) is 24.9 Å². The molecule has 0 aliphatic carbocycles. The largest absolute Gasteiger partial charge is 0.306 e. The van der Waals surface area contributed by atoms with Crippen LogP contribution in [0.5, 0.6) is 0 Å². The molecule has 5 nitrogen and oxygen atoms in total. The summed E-state index contributed by atoms with van der Waals surface area (Å²) in [5.74, 6) is 0. The van der Waals surface area contributed by atoms with Gasteiger partial charge in [-0.2, -0.15) is 10.2 Å². The monoisotopic (exact) mass is 301 g/mol. The summed E-state index contributed by atoms with van der Waals surface area (Å²) < 4.78 is 3.99. The third kappa shape index (κ3) is 3.30. The second-order valence-corrected chi connectivity index (χ2v) is 5.75. The van der Waals surface area contributed by atoms with Crippen molar-refractivity contribution in [3.05, 3.63) is 47.1 Å². The molecule has 0 aliphatic rings. The number of allylic oxidation sites excluding steroid dienone is 1. The maximum absolute atomic E-state index is 4.60. The molecule has 1 N–H and O–H groups in total. The van der Waals surface area contributed by atoms with Crippen LogP contribution in [-0.2, 0) is 19.6 Å². The Balaban J connectivity index is 2.08. The highest BCUT2D eigenvalue weighted by Crippen LogP contribution is 2.22. The summed E-state index contributed by atoms with van der Waals surface area (Å²) in [7, 11) is 0. The van der Waals surface area contributed by atoms with Gasteiger partial charge in [-0.05, 0) is 34.6 Å². The third-order valence-corrected chi connectivity index (χ3v) is 4.13. The summed E-state index contributed by atoms with van der Waals surface area (Å²) in [6.07, 6.45) is 3.95. The van der Waals surface area contributed by atoms with Crippen molar-refractivity contribution in [3.8, 4) is 0 Å². The van der Waals surface area contributed by atoms with Crippen molar-refractivity contribution in [2.24, 2.45) is 0 Å². The molecule has 0 spiro atoms. The summed E-state index contributed by atoms with van der Waals surface area (Å²) in [6.45, 7) is 16.8. The van der Waals surface area contributed by atoms with E-state index in [9.17, 15) is 0 Å². The van der Waals surface area contributed by atoms with Crippen molar-refractivity contribution >= 4 is 0 Å². The average Bonchev–Trinajstić information content (AvgIpc) is 2.96. The Labute approximate surface area is 133 Å². The molecule has 0 radical (unpaired) electrons. The van der Waals surface area contributed by atoms with Crippen LogP contribution in [0.2, 0.25) is 0 Å². The van der Waals surface area contributed by atoms with Gasteiger partial charge in [0, 0.05) is 42.1 Å². The Morgan fingerprint density at radius 1 is 1.27 bits per heavy atom. The molecule has 120 valence electrons. The van der Waals surface area contributed by atoms with Crippen molar-refractivity contribution in [3.63, 3.8) is 0 Å². The van der Waals surface area contributed by atoms with Crippen LogP contribution in [0.4, 0.5) is 0 Å². The molecule has 22 heavy (non-hydrogen) atoms. The predicted molar refractivity (Wildman–Crippen MR) is 89.8 cm³/mol. The molecule has 2 aromatic heterocycles. The van der Waals surface area contributed by atoms with Gasteiger partial charge in [0.1, 0.15) is 0 Å². The van der Waals surface area contributed by atoms with Gasteiger partial charge in [-0.1, -0.05) is 6.08 Å². The van der Waals surface area contributed by atoms with Crippen molar-refractivity contribution < 1.29 is 0 Å². The van der Waals surface area contributed by atoms with Gasteiger partial charge in [0.2, 0.25) is 0 Å². The molecule has 0 aliphatic heterocycles. The molecular formula is C17H27N5. The van der Waals surface area contributed by atoms with Gasteiger partial charge >= 0.3 is 0 Å². The van der Waals surface area contributed by atoms with E-state index in [0.29, 0.717) is 0 Å². The van der Waals surface area contributed by atoms with Crippen molar-refractivity contribution in [2.75, 3.05) is 0 Å². The van der Waals surface area contributed by atoms with E-state index in [4.69, 9.17) is 0 Å². The molecule has 0 unspecified atom stereocenters. The maximum Gasteiger partial charge on any atom is 0.0644 e. The summed E-state index contributed by atoms with van der Waals surface area (Å²) in [4.78, 5) is 0. The minimum Gasteiger partial charge on any atom is -0.306 e. The lowest BCUT2D eigenvalue weighted by molar-refractivity contribution is 0.565. The van der Waals surface area contributed by atoms with Crippen LogP contribution in [0.3, 0.4) is 0 Å². The molecule has 1 atom stereocenters. The van der Waals surface area contributed by atoms with Crippen LogP contribution < -0.4 is 5.32 Å². The van der Waals surface area contributed by atoms with Gasteiger partial charge in [0.15, 0.2) is 0 Å². The predicted octanol–water partition coefficient (Wildman–Crippen LogP) is 3.06. The average molecular weight is 301 g/mol. The number of rotatable bonds is 7. The zero-order chi connectivity index (χ0) is 16.3. The van der Waals surface area contributed by atoms with E-state index in [1.807, 2.05) is 17.7 Å². The topological polar surface area (TPSA) is 47.7 Å². The van der Waals surface area contributed by atoms with Crippen molar-refractivity contribution in [2.45, 2.75) is 60.3 Å². The summed E-state index contributed by atoms with van der Waals surface area (Å²) >= 11 is 0. The molecular weight excluding hydrogens is 274 g/mol. The molecule has 0 aromatic carbocycles. The lowest BCUT2D eigenvalue weighted by atomic mass is 10.1. The van der Waals surface area contributed by atoms with E-state index >= 15 is 0 Å². The second-order valence-electron chi connectivity index (χ2n) is 5.75. The zero-order valence-electron chi connectivity index (χ0n) is 14.3. The molecule has 2 heterocycles. The Morgan fingerprint density at radius 2 is 2.00 bits per heavy atom. The zero-order valence-corrected chi connectivity index (χ0v) is 14.3. The smallest absolute Gasteiger partial charge is 0.0644 e. The number of aryl methyl sites for hydroxylation is 3. The number of nitrogens with zero attached hydrogens (tertiary/aromatic N) is 4. The first-order valence-electron chi connectivity index (χ1n) is 7.89. The van der Waals surface area contributed by atoms with E-state index < -0.39 is 0 Å². The van der Waals surface area contributed by atoms with Crippen LogP contribution in [0.15, 0.2) is 18.9 Å². The minimum absolute atomic E-state index is 0.266. The molecule has 5 heteroatoms. The van der Waals surface area contributed by atoms with Crippen LogP contribution in [0.25, 0.3) is 0 Å². The lowest BCUT2D eigenvalue weighted by Gasteiger charge is -2.14. The van der Waals surface area contributed by atoms with Gasteiger partial charge in [-0.25, -0.2) is 0 Å². The fourth-order valence-electron chi connectivity index (χ4n) is 2.97. The first kappa shape index (κ1) is 16.5. The SMILES string of the molecule is C=CCn1cc(CN[C@H](C)c2c(C)nn(CC)c2C)c(C)n1. The van der Waals surface area contributed by atoms with Crippen molar-refractivity contribution in [1.29, 1.82) is 0 Å². The van der Waals surface area contributed by atoms with Gasteiger partial charge in [-0.15, -0.1) is 6.58 Å². The number of nitrogens with one attached hydrogen (secondary N) is 1. The molecule has 2 aromatic rings. The highest BCUT2D eigenvalue weighted by molar-refractivity contribution is 5.28. The molecule has 0 bridgehead atoms. The first-order valence-corrected chi connectivity index (χ1v) is 7.89. The quantitative estimate of drug-likeness (QED) is 0.800. The Morgan fingerprint density at radius 3 is 2.59 bits per heavy atom. The maximum atomic E-state index is 4.60. The molecule has 0 saturated carbocycles. The molecule has 0 fully saturated rings. The summed E-state index contributed by atoms with van der Waals surface area (Å²) in [5, 5.41) is 12.7.